The molecule has 0 spiro atoms. The van der Waals surface area contributed by atoms with Crippen molar-refractivity contribution in [3.05, 3.63) is 41.9 Å². The van der Waals surface area contributed by atoms with E-state index < -0.39 is 0 Å². The van der Waals surface area contributed by atoms with Gasteiger partial charge >= 0.3 is 0 Å². The summed E-state index contributed by atoms with van der Waals surface area (Å²) in [7, 11) is 0. The van der Waals surface area contributed by atoms with Gasteiger partial charge in [-0.25, -0.2) is 4.98 Å². The quantitative estimate of drug-likeness (QED) is 0.744. The van der Waals surface area contributed by atoms with Crippen LogP contribution in [0.3, 0.4) is 0 Å². The zero-order valence-corrected chi connectivity index (χ0v) is 13.6. The van der Waals surface area contributed by atoms with E-state index in [-0.39, 0.29) is 18.6 Å². The van der Waals surface area contributed by atoms with Crippen LogP contribution >= 0.6 is 11.8 Å². The van der Waals surface area contributed by atoms with Gasteiger partial charge in [-0.2, -0.15) is 5.10 Å². The van der Waals surface area contributed by atoms with Crippen molar-refractivity contribution >= 4 is 23.4 Å². The SMILES string of the molecule is O=C1C[C@H](c2ccc(Sc3ncn[nH]3)o2)c2cc3c(cc2N1)OCO3. The number of rotatable bonds is 3. The van der Waals surface area contributed by atoms with E-state index in [1.165, 1.54) is 18.1 Å². The van der Waals surface area contributed by atoms with Crippen molar-refractivity contribution in [3.63, 3.8) is 0 Å². The van der Waals surface area contributed by atoms with E-state index in [1.54, 1.807) is 6.07 Å². The average Bonchev–Trinajstić information content (AvgIpc) is 3.34. The molecule has 2 aliphatic heterocycles. The first-order valence-electron chi connectivity index (χ1n) is 7.62. The van der Waals surface area contributed by atoms with Gasteiger partial charge in [0.2, 0.25) is 12.7 Å². The molecule has 2 aromatic heterocycles. The summed E-state index contributed by atoms with van der Waals surface area (Å²) < 4.78 is 16.8. The molecule has 0 unspecified atom stereocenters. The van der Waals surface area contributed by atoms with Gasteiger partial charge in [0.25, 0.3) is 0 Å². The molecule has 126 valence electrons. The summed E-state index contributed by atoms with van der Waals surface area (Å²) in [6, 6.07) is 7.46. The zero-order valence-electron chi connectivity index (χ0n) is 12.8. The minimum atomic E-state index is -0.178. The number of aromatic amines is 1. The van der Waals surface area contributed by atoms with Crippen LogP contribution in [0.2, 0.25) is 0 Å². The monoisotopic (exact) mass is 356 g/mol. The van der Waals surface area contributed by atoms with Gasteiger partial charge in [0.15, 0.2) is 21.7 Å². The fourth-order valence-electron chi connectivity index (χ4n) is 3.02. The van der Waals surface area contributed by atoms with E-state index in [0.717, 1.165) is 17.0 Å². The fourth-order valence-corrected chi connectivity index (χ4v) is 3.68. The molecule has 3 aromatic rings. The van der Waals surface area contributed by atoms with Gasteiger partial charge in [0, 0.05) is 18.2 Å². The molecule has 0 fully saturated rings. The van der Waals surface area contributed by atoms with Crippen LogP contribution in [-0.4, -0.2) is 27.9 Å². The summed E-state index contributed by atoms with van der Waals surface area (Å²) in [4.78, 5) is 16.2. The number of anilines is 1. The van der Waals surface area contributed by atoms with E-state index in [1.807, 2.05) is 18.2 Å². The standard InChI is InChI=1S/C16H12N4O4S/c21-14-4-9(8-3-12-13(23-7-22-12)5-10(8)19-14)11-1-2-15(24-11)25-16-17-6-18-20-16/h1-3,5-6,9H,4,7H2,(H,19,21)(H,17,18,20)/t9-/m0/s1. The van der Waals surface area contributed by atoms with Crippen LogP contribution in [0.4, 0.5) is 5.69 Å². The van der Waals surface area contributed by atoms with Gasteiger partial charge in [-0.15, -0.1) is 0 Å². The van der Waals surface area contributed by atoms with Crippen LogP contribution in [0.5, 0.6) is 11.5 Å². The van der Waals surface area contributed by atoms with Crippen molar-refractivity contribution < 1.29 is 18.7 Å². The van der Waals surface area contributed by atoms with Gasteiger partial charge in [-0.05, 0) is 35.5 Å². The third-order valence-electron chi connectivity index (χ3n) is 4.12. The highest BCUT2D eigenvalue weighted by atomic mass is 32.2. The third-order valence-corrected chi connectivity index (χ3v) is 4.93. The van der Waals surface area contributed by atoms with Gasteiger partial charge in [-0.1, -0.05) is 0 Å². The summed E-state index contributed by atoms with van der Waals surface area (Å²) in [5.74, 6) is 1.81. The second-order valence-corrected chi connectivity index (χ2v) is 6.64. The number of carbonyl (C=O) groups is 1. The van der Waals surface area contributed by atoms with Gasteiger partial charge in [-0.3, -0.25) is 9.89 Å². The second kappa shape index (κ2) is 5.55. The van der Waals surface area contributed by atoms with Crippen LogP contribution in [0.25, 0.3) is 0 Å². The Kier molecular flexibility index (Phi) is 3.20. The molecule has 8 nitrogen and oxygen atoms in total. The Labute approximate surface area is 145 Å². The number of H-pyrrole nitrogens is 1. The Morgan fingerprint density at radius 1 is 1.20 bits per heavy atom. The number of furan rings is 1. The number of nitrogens with one attached hydrogen (secondary N) is 2. The highest BCUT2D eigenvalue weighted by molar-refractivity contribution is 7.99. The summed E-state index contributed by atoms with van der Waals surface area (Å²) in [6.07, 6.45) is 1.75. The van der Waals surface area contributed by atoms with E-state index >= 15 is 0 Å². The van der Waals surface area contributed by atoms with Gasteiger partial charge in [0.05, 0.1) is 5.92 Å². The second-order valence-electron chi connectivity index (χ2n) is 5.65. The maximum Gasteiger partial charge on any atom is 0.231 e. The predicted octanol–water partition coefficient (Wildman–Crippen LogP) is 2.75. The molecule has 0 bridgehead atoms. The molecule has 0 radical (unpaired) electrons. The minimum absolute atomic E-state index is 0.0581. The van der Waals surface area contributed by atoms with Crippen LogP contribution < -0.4 is 14.8 Å². The normalized spacial score (nSPS) is 18.1. The molecule has 1 atom stereocenters. The molecule has 1 amide bonds. The summed E-state index contributed by atoms with van der Waals surface area (Å²) in [5, 5.41) is 10.8. The molecule has 0 saturated heterocycles. The summed E-state index contributed by atoms with van der Waals surface area (Å²) in [5.41, 5.74) is 1.68. The van der Waals surface area contributed by atoms with Crippen molar-refractivity contribution in [2.45, 2.75) is 22.6 Å². The lowest BCUT2D eigenvalue weighted by molar-refractivity contribution is -0.116. The third kappa shape index (κ3) is 2.52. The lowest BCUT2D eigenvalue weighted by atomic mass is 9.88. The first-order valence-corrected chi connectivity index (χ1v) is 8.44. The van der Waals surface area contributed by atoms with Crippen molar-refractivity contribution in [1.82, 2.24) is 15.2 Å². The molecule has 0 saturated carbocycles. The number of hydrogen-bond donors (Lipinski definition) is 2. The van der Waals surface area contributed by atoms with Crippen LogP contribution in [-0.2, 0) is 4.79 Å². The molecule has 0 aliphatic carbocycles. The number of fused-ring (bicyclic) bond motifs is 2. The number of nitrogens with zero attached hydrogens (tertiary/aromatic N) is 2. The smallest absolute Gasteiger partial charge is 0.231 e. The van der Waals surface area contributed by atoms with Crippen molar-refractivity contribution in [1.29, 1.82) is 0 Å². The molecule has 25 heavy (non-hydrogen) atoms. The largest absolute Gasteiger partial charge is 0.454 e. The Morgan fingerprint density at radius 3 is 2.92 bits per heavy atom. The molecular formula is C16H12N4O4S. The maximum absolute atomic E-state index is 12.1. The first kappa shape index (κ1) is 14.4. The summed E-state index contributed by atoms with van der Waals surface area (Å²) >= 11 is 1.34. The van der Waals surface area contributed by atoms with Crippen LogP contribution in [0.15, 0.2) is 45.3 Å². The van der Waals surface area contributed by atoms with Crippen molar-refractivity contribution in [3.8, 4) is 11.5 Å². The Morgan fingerprint density at radius 2 is 2.08 bits per heavy atom. The fraction of sp³-hybridized carbons (Fsp3) is 0.188. The molecule has 5 rings (SSSR count). The van der Waals surface area contributed by atoms with E-state index in [9.17, 15) is 4.79 Å². The topological polar surface area (TPSA) is 102 Å². The van der Waals surface area contributed by atoms with Crippen LogP contribution in [0.1, 0.15) is 23.7 Å². The van der Waals surface area contributed by atoms with Gasteiger partial charge in [0.1, 0.15) is 12.1 Å². The highest BCUT2D eigenvalue weighted by Gasteiger charge is 2.31. The summed E-state index contributed by atoms with van der Waals surface area (Å²) in [6.45, 7) is 0.190. The van der Waals surface area contributed by atoms with Crippen molar-refractivity contribution in [2.75, 3.05) is 12.1 Å². The molecule has 1 aromatic carbocycles. The highest BCUT2D eigenvalue weighted by Crippen LogP contribution is 2.45. The molecule has 9 heteroatoms. The molecule has 2 N–H and O–H groups in total. The Hall–Kier alpha value is -2.94. The van der Waals surface area contributed by atoms with E-state index in [0.29, 0.717) is 28.2 Å². The number of ether oxygens (including phenoxy) is 2. The number of aromatic nitrogens is 3. The molecule has 2 aliphatic rings. The first-order chi connectivity index (χ1) is 12.3. The van der Waals surface area contributed by atoms with E-state index in [4.69, 9.17) is 13.9 Å². The Bertz CT molecular complexity index is 953. The number of carbonyl (C=O) groups excluding carboxylic acids is 1. The Balaban J connectivity index is 1.50. The molecular weight excluding hydrogens is 344 g/mol. The van der Waals surface area contributed by atoms with Crippen molar-refractivity contribution in [2.24, 2.45) is 0 Å². The van der Waals surface area contributed by atoms with E-state index in [2.05, 4.69) is 20.5 Å². The van der Waals surface area contributed by atoms with Crippen LogP contribution in [0, 0.1) is 0 Å². The maximum atomic E-state index is 12.1. The number of amides is 1. The lowest BCUT2D eigenvalue weighted by Gasteiger charge is -2.24. The lowest BCUT2D eigenvalue weighted by Crippen LogP contribution is -2.23. The number of hydrogen-bond acceptors (Lipinski definition) is 7. The zero-order chi connectivity index (χ0) is 16.8. The van der Waals surface area contributed by atoms with Gasteiger partial charge < -0.3 is 19.2 Å². The number of benzene rings is 1. The minimum Gasteiger partial charge on any atom is -0.454 e. The molecule has 4 heterocycles. The average molecular weight is 356 g/mol. The predicted molar refractivity (Wildman–Crippen MR) is 86.9 cm³/mol.